The number of fused-ring (bicyclic) bond motifs is 2. The summed E-state index contributed by atoms with van der Waals surface area (Å²) in [6.07, 6.45) is 1.82. The molecule has 0 fully saturated rings. The predicted octanol–water partition coefficient (Wildman–Crippen LogP) is 3.80. The van der Waals surface area contributed by atoms with Crippen LogP contribution in [0.4, 0.5) is 5.69 Å². The van der Waals surface area contributed by atoms with E-state index in [4.69, 9.17) is 0 Å². The number of nitrogens with one attached hydrogen (secondary N) is 1. The summed E-state index contributed by atoms with van der Waals surface area (Å²) in [5.41, 5.74) is 4.57. The molecule has 1 aliphatic rings. The maximum Gasteiger partial charge on any atom is 0.252 e. The number of hydrogen-bond acceptors (Lipinski definition) is 2. The Kier molecular flexibility index (Phi) is 3.92. The van der Waals surface area contributed by atoms with Gasteiger partial charge in [0.2, 0.25) is 0 Å². The van der Waals surface area contributed by atoms with E-state index in [-0.39, 0.29) is 11.9 Å². The van der Waals surface area contributed by atoms with Gasteiger partial charge in [0.05, 0.1) is 0 Å². The van der Waals surface area contributed by atoms with Gasteiger partial charge in [-0.15, -0.1) is 0 Å². The fourth-order valence-electron chi connectivity index (χ4n) is 3.80. The minimum Gasteiger partial charge on any atom is -0.377 e. The van der Waals surface area contributed by atoms with E-state index < -0.39 is 0 Å². The number of amides is 1. The summed E-state index contributed by atoms with van der Waals surface area (Å²) in [6, 6.07) is 20.7. The largest absolute Gasteiger partial charge is 0.377 e. The molecule has 3 aromatic rings. The molecule has 4 rings (SSSR count). The number of anilines is 1. The Morgan fingerprint density at radius 1 is 0.880 bits per heavy atom. The van der Waals surface area contributed by atoms with Crippen molar-refractivity contribution in [1.29, 1.82) is 0 Å². The number of hydrogen-bond donors (Lipinski definition) is 1. The van der Waals surface area contributed by atoms with Crippen molar-refractivity contribution < 1.29 is 4.79 Å². The van der Waals surface area contributed by atoms with E-state index in [9.17, 15) is 4.79 Å². The van der Waals surface area contributed by atoms with Gasteiger partial charge in [0.1, 0.15) is 0 Å². The third-order valence-corrected chi connectivity index (χ3v) is 5.01. The maximum absolute atomic E-state index is 12.9. The number of carbonyl (C=O) groups excluding carboxylic acids is 1. The average Bonchev–Trinajstić information content (AvgIpc) is 3.02. The quantitative estimate of drug-likeness (QED) is 0.792. The van der Waals surface area contributed by atoms with Gasteiger partial charge in [-0.2, -0.15) is 0 Å². The average molecular weight is 330 g/mol. The molecule has 0 spiro atoms. The van der Waals surface area contributed by atoms with Crippen LogP contribution >= 0.6 is 0 Å². The van der Waals surface area contributed by atoms with Gasteiger partial charge in [-0.3, -0.25) is 4.79 Å². The summed E-state index contributed by atoms with van der Waals surface area (Å²) in [5.74, 6) is 0.0133. The van der Waals surface area contributed by atoms with Crippen molar-refractivity contribution in [2.24, 2.45) is 0 Å². The first-order valence-corrected chi connectivity index (χ1v) is 8.70. The van der Waals surface area contributed by atoms with Crippen LogP contribution in [0.3, 0.4) is 0 Å². The highest BCUT2D eigenvalue weighted by Gasteiger charge is 2.23. The lowest BCUT2D eigenvalue weighted by Gasteiger charge is -2.18. The van der Waals surface area contributed by atoms with Crippen LogP contribution in [0.5, 0.6) is 0 Å². The molecule has 0 aliphatic heterocycles. The normalized spacial score (nSPS) is 13.7. The lowest BCUT2D eigenvalue weighted by atomic mass is 10.0. The van der Waals surface area contributed by atoms with Crippen LogP contribution in [0.2, 0.25) is 0 Å². The lowest BCUT2D eigenvalue weighted by Crippen LogP contribution is -2.35. The Morgan fingerprint density at radius 2 is 1.48 bits per heavy atom. The van der Waals surface area contributed by atoms with E-state index in [1.54, 1.807) is 0 Å². The first kappa shape index (κ1) is 15.7. The van der Waals surface area contributed by atoms with Gasteiger partial charge in [0, 0.05) is 36.8 Å². The number of benzene rings is 3. The van der Waals surface area contributed by atoms with Crippen LogP contribution in [0, 0.1) is 0 Å². The van der Waals surface area contributed by atoms with Gasteiger partial charge in [-0.25, -0.2) is 0 Å². The molecule has 3 heteroatoms. The van der Waals surface area contributed by atoms with E-state index in [0.717, 1.165) is 34.9 Å². The smallest absolute Gasteiger partial charge is 0.252 e. The van der Waals surface area contributed by atoms with E-state index in [1.165, 1.54) is 11.1 Å². The van der Waals surface area contributed by atoms with Gasteiger partial charge >= 0.3 is 0 Å². The van der Waals surface area contributed by atoms with Gasteiger partial charge in [0.15, 0.2) is 0 Å². The van der Waals surface area contributed by atoms with Gasteiger partial charge in [-0.05, 0) is 41.5 Å². The number of nitrogens with zero attached hydrogens (tertiary/aromatic N) is 1. The fraction of sp³-hybridized carbons (Fsp3) is 0.227. The SMILES string of the molecule is CN(C)c1ccc(C(=O)NC2Cc3ccccc3C2)c2ccccc12. The van der Waals surface area contributed by atoms with Crippen molar-refractivity contribution in [3.63, 3.8) is 0 Å². The second kappa shape index (κ2) is 6.25. The van der Waals surface area contributed by atoms with Crippen LogP contribution in [-0.4, -0.2) is 26.0 Å². The van der Waals surface area contributed by atoms with E-state index in [1.807, 2.05) is 44.4 Å². The fourth-order valence-corrected chi connectivity index (χ4v) is 3.80. The molecule has 0 atom stereocenters. The Bertz CT molecular complexity index is 921. The third-order valence-electron chi connectivity index (χ3n) is 5.01. The maximum atomic E-state index is 12.9. The molecule has 126 valence electrons. The molecule has 0 radical (unpaired) electrons. The molecule has 0 unspecified atom stereocenters. The number of rotatable bonds is 3. The van der Waals surface area contributed by atoms with Crippen molar-refractivity contribution in [3.8, 4) is 0 Å². The molecule has 25 heavy (non-hydrogen) atoms. The topological polar surface area (TPSA) is 32.3 Å². The van der Waals surface area contributed by atoms with E-state index in [2.05, 4.69) is 40.5 Å². The van der Waals surface area contributed by atoms with Crippen molar-refractivity contribution in [2.75, 3.05) is 19.0 Å². The van der Waals surface area contributed by atoms with Crippen molar-refractivity contribution in [2.45, 2.75) is 18.9 Å². The Morgan fingerprint density at radius 3 is 2.12 bits per heavy atom. The van der Waals surface area contributed by atoms with Crippen LogP contribution in [-0.2, 0) is 12.8 Å². The molecule has 1 amide bonds. The van der Waals surface area contributed by atoms with Gasteiger partial charge in [0.25, 0.3) is 5.91 Å². The molecule has 1 N–H and O–H groups in total. The van der Waals surface area contributed by atoms with E-state index in [0.29, 0.717) is 0 Å². The van der Waals surface area contributed by atoms with Crippen LogP contribution < -0.4 is 10.2 Å². The zero-order chi connectivity index (χ0) is 17.4. The van der Waals surface area contributed by atoms with Crippen molar-refractivity contribution in [3.05, 3.63) is 77.4 Å². The first-order valence-electron chi connectivity index (χ1n) is 8.70. The molecule has 3 nitrogen and oxygen atoms in total. The molecule has 1 aliphatic carbocycles. The van der Waals surface area contributed by atoms with E-state index >= 15 is 0 Å². The predicted molar refractivity (Wildman–Crippen MR) is 103 cm³/mol. The Balaban J connectivity index is 1.62. The highest BCUT2D eigenvalue weighted by atomic mass is 16.1. The molecular formula is C22H22N2O. The minimum atomic E-state index is 0.0133. The molecule has 0 bridgehead atoms. The summed E-state index contributed by atoms with van der Waals surface area (Å²) in [4.78, 5) is 15.0. The summed E-state index contributed by atoms with van der Waals surface area (Å²) < 4.78 is 0. The summed E-state index contributed by atoms with van der Waals surface area (Å²) in [7, 11) is 4.05. The zero-order valence-corrected chi connectivity index (χ0v) is 14.6. The second-order valence-corrected chi connectivity index (χ2v) is 6.92. The highest BCUT2D eigenvalue weighted by Crippen LogP contribution is 2.29. The van der Waals surface area contributed by atoms with Crippen LogP contribution in [0.1, 0.15) is 21.5 Å². The Hall–Kier alpha value is -2.81. The molecule has 3 aromatic carbocycles. The zero-order valence-electron chi connectivity index (χ0n) is 14.6. The first-order chi connectivity index (χ1) is 12.1. The summed E-state index contributed by atoms with van der Waals surface area (Å²) in [6.45, 7) is 0. The highest BCUT2D eigenvalue weighted by molar-refractivity contribution is 6.10. The monoisotopic (exact) mass is 330 g/mol. The standard InChI is InChI=1S/C22H22N2O/c1-24(2)21-12-11-20(18-9-5-6-10-19(18)21)22(25)23-17-13-15-7-3-4-8-16(15)14-17/h3-12,17H,13-14H2,1-2H3,(H,23,25). The van der Waals surface area contributed by atoms with Gasteiger partial charge in [-0.1, -0.05) is 48.5 Å². The van der Waals surface area contributed by atoms with Crippen LogP contribution in [0.15, 0.2) is 60.7 Å². The Labute approximate surface area is 148 Å². The molecular weight excluding hydrogens is 308 g/mol. The number of carbonyl (C=O) groups is 1. The molecule has 0 saturated heterocycles. The molecule has 0 aromatic heterocycles. The van der Waals surface area contributed by atoms with Crippen LogP contribution in [0.25, 0.3) is 10.8 Å². The van der Waals surface area contributed by atoms with Crippen molar-refractivity contribution in [1.82, 2.24) is 5.32 Å². The molecule has 0 saturated carbocycles. The summed E-state index contributed by atoms with van der Waals surface area (Å²) in [5, 5.41) is 5.34. The summed E-state index contributed by atoms with van der Waals surface area (Å²) >= 11 is 0. The lowest BCUT2D eigenvalue weighted by molar-refractivity contribution is 0.0940. The minimum absolute atomic E-state index is 0.0133. The second-order valence-electron chi connectivity index (χ2n) is 6.92. The molecule has 0 heterocycles. The third kappa shape index (κ3) is 2.86. The van der Waals surface area contributed by atoms with Crippen molar-refractivity contribution >= 4 is 22.4 Å². The van der Waals surface area contributed by atoms with Gasteiger partial charge < -0.3 is 10.2 Å².